The molecule has 0 saturated heterocycles. The van der Waals surface area contributed by atoms with Gasteiger partial charge in [-0.2, -0.15) is 0 Å². The Kier molecular flexibility index (Phi) is 4.66. The van der Waals surface area contributed by atoms with E-state index >= 15 is 0 Å². The topological polar surface area (TPSA) is 50.2 Å². The van der Waals surface area contributed by atoms with E-state index in [1.807, 2.05) is 6.92 Å². The Morgan fingerprint density at radius 3 is 3.07 bits per heavy atom. The van der Waals surface area contributed by atoms with E-state index in [0.29, 0.717) is 6.42 Å². The molecule has 15 heavy (non-hydrogen) atoms. The molecule has 0 amide bonds. The zero-order valence-electron chi connectivity index (χ0n) is 8.32. The summed E-state index contributed by atoms with van der Waals surface area (Å²) in [6, 6.07) is 0. The molecule has 0 aliphatic rings. The molecule has 0 unspecified atom stereocenters. The first kappa shape index (κ1) is 12.1. The quantitative estimate of drug-likeness (QED) is 0.488. The number of hydrogen-bond donors (Lipinski definition) is 1. The van der Waals surface area contributed by atoms with Crippen LogP contribution in [-0.2, 0) is 11.2 Å². The Morgan fingerprint density at radius 1 is 1.73 bits per heavy atom. The van der Waals surface area contributed by atoms with Crippen molar-refractivity contribution in [1.82, 2.24) is 4.98 Å². The number of carboxylic acid groups (broad SMARTS) is 1. The molecule has 1 rings (SSSR count). The fourth-order valence-corrected chi connectivity index (χ4v) is 3.13. The average molecular weight is 241 g/mol. The maximum absolute atomic E-state index is 10.5. The van der Waals surface area contributed by atoms with Crippen LogP contribution in [0, 0.1) is 19.3 Å². The van der Waals surface area contributed by atoms with Gasteiger partial charge in [-0.25, -0.2) is 4.98 Å². The molecule has 1 N–H and O–H groups in total. The lowest BCUT2D eigenvalue weighted by Crippen LogP contribution is -1.99. The van der Waals surface area contributed by atoms with Gasteiger partial charge in [-0.1, -0.05) is 11.8 Å². The average Bonchev–Trinajstić information content (AvgIpc) is 2.47. The number of aryl methyl sites for hydroxylation is 1. The summed E-state index contributed by atoms with van der Waals surface area (Å²) in [5, 5.41) is 8.66. The number of hydrogen-bond acceptors (Lipinski definition) is 4. The van der Waals surface area contributed by atoms with Gasteiger partial charge >= 0.3 is 5.97 Å². The van der Waals surface area contributed by atoms with Crippen LogP contribution < -0.4 is 0 Å². The van der Waals surface area contributed by atoms with Gasteiger partial charge in [0.15, 0.2) is 0 Å². The molecule has 1 aromatic heterocycles. The van der Waals surface area contributed by atoms with Crippen molar-refractivity contribution in [1.29, 1.82) is 0 Å². The highest BCUT2D eigenvalue weighted by Gasteiger charge is 2.10. The molecule has 1 heterocycles. The van der Waals surface area contributed by atoms with Gasteiger partial charge in [0.1, 0.15) is 4.34 Å². The Bertz CT molecular complexity index is 393. The minimum Gasteiger partial charge on any atom is -0.481 e. The molecule has 1 aromatic rings. The molecule has 80 valence electrons. The third kappa shape index (κ3) is 3.94. The number of rotatable bonds is 5. The summed E-state index contributed by atoms with van der Waals surface area (Å²) in [4.78, 5) is 15.6. The Morgan fingerprint density at radius 2 is 2.47 bits per heavy atom. The molecule has 0 aliphatic carbocycles. The fraction of sp³-hybridized carbons (Fsp3) is 0.400. The van der Waals surface area contributed by atoms with Crippen molar-refractivity contribution < 1.29 is 9.90 Å². The van der Waals surface area contributed by atoms with Gasteiger partial charge in [-0.05, 0) is 6.92 Å². The third-order valence-corrected chi connectivity index (χ3v) is 3.96. The van der Waals surface area contributed by atoms with Crippen LogP contribution in [0.4, 0.5) is 0 Å². The van der Waals surface area contributed by atoms with Gasteiger partial charge in [0.25, 0.3) is 0 Å². The van der Waals surface area contributed by atoms with Crippen molar-refractivity contribution in [2.45, 2.75) is 24.1 Å². The summed E-state index contributed by atoms with van der Waals surface area (Å²) in [7, 11) is 0. The van der Waals surface area contributed by atoms with Gasteiger partial charge in [0, 0.05) is 17.1 Å². The van der Waals surface area contributed by atoms with E-state index in [9.17, 15) is 4.79 Å². The molecular formula is C10H11NO2S2. The standard InChI is InChI=1S/C10H11NO2S2/c1-3-4-5-14-10-11-7(2)8(15-10)6-9(12)13/h1H,4-6H2,2H3,(H,12,13). The normalized spacial score (nSPS) is 9.87. The molecule has 0 bridgehead atoms. The fourth-order valence-electron chi connectivity index (χ4n) is 0.962. The van der Waals surface area contributed by atoms with Crippen molar-refractivity contribution in [3.05, 3.63) is 10.6 Å². The maximum Gasteiger partial charge on any atom is 0.308 e. The van der Waals surface area contributed by atoms with Gasteiger partial charge in [-0.3, -0.25) is 4.79 Å². The lowest BCUT2D eigenvalue weighted by Gasteiger charge is -1.90. The second-order valence-electron chi connectivity index (χ2n) is 2.86. The van der Waals surface area contributed by atoms with Crippen LogP contribution in [0.15, 0.2) is 4.34 Å². The van der Waals surface area contributed by atoms with Gasteiger partial charge in [-0.15, -0.1) is 23.7 Å². The number of nitrogens with zero attached hydrogens (tertiary/aromatic N) is 1. The first-order chi connectivity index (χ1) is 7.13. The summed E-state index contributed by atoms with van der Waals surface area (Å²) < 4.78 is 0.902. The minimum absolute atomic E-state index is 0.0548. The molecule has 0 aromatic carbocycles. The predicted molar refractivity (Wildman–Crippen MR) is 62.4 cm³/mol. The molecule has 0 aliphatic heterocycles. The van der Waals surface area contributed by atoms with Gasteiger partial charge in [0.05, 0.1) is 12.1 Å². The molecule has 3 nitrogen and oxygen atoms in total. The number of aliphatic carboxylic acids is 1. The van der Waals surface area contributed by atoms with Crippen molar-refractivity contribution in [3.63, 3.8) is 0 Å². The van der Waals surface area contributed by atoms with Crippen LogP contribution in [0.25, 0.3) is 0 Å². The zero-order chi connectivity index (χ0) is 11.3. The Hall–Kier alpha value is -0.990. The van der Waals surface area contributed by atoms with Crippen molar-refractivity contribution in [2.24, 2.45) is 0 Å². The van der Waals surface area contributed by atoms with E-state index in [0.717, 1.165) is 20.7 Å². The monoisotopic (exact) mass is 241 g/mol. The first-order valence-corrected chi connectivity index (χ1v) is 6.18. The summed E-state index contributed by atoms with van der Waals surface area (Å²) in [6.45, 7) is 1.83. The number of aromatic nitrogens is 1. The van der Waals surface area contributed by atoms with E-state index in [4.69, 9.17) is 11.5 Å². The van der Waals surface area contributed by atoms with E-state index in [-0.39, 0.29) is 6.42 Å². The number of thiazole rings is 1. The van der Waals surface area contributed by atoms with Crippen LogP contribution in [0.2, 0.25) is 0 Å². The largest absolute Gasteiger partial charge is 0.481 e. The molecule has 0 saturated carbocycles. The maximum atomic E-state index is 10.5. The Labute approximate surface area is 96.9 Å². The highest BCUT2D eigenvalue weighted by atomic mass is 32.2. The lowest BCUT2D eigenvalue weighted by molar-refractivity contribution is -0.136. The molecule has 0 radical (unpaired) electrons. The van der Waals surface area contributed by atoms with E-state index in [2.05, 4.69) is 10.9 Å². The van der Waals surface area contributed by atoms with Crippen LogP contribution in [-0.4, -0.2) is 21.8 Å². The van der Waals surface area contributed by atoms with Crippen molar-refractivity contribution in [3.8, 4) is 12.3 Å². The molecule has 0 spiro atoms. The van der Waals surface area contributed by atoms with Crippen LogP contribution in [0.5, 0.6) is 0 Å². The van der Waals surface area contributed by atoms with E-state index < -0.39 is 5.97 Å². The number of terminal acetylenes is 1. The van der Waals surface area contributed by atoms with Crippen LogP contribution >= 0.6 is 23.1 Å². The molecular weight excluding hydrogens is 230 g/mol. The van der Waals surface area contributed by atoms with Crippen LogP contribution in [0.1, 0.15) is 17.0 Å². The van der Waals surface area contributed by atoms with Crippen LogP contribution in [0.3, 0.4) is 0 Å². The molecule has 5 heteroatoms. The summed E-state index contributed by atoms with van der Waals surface area (Å²) in [6.07, 6.45) is 5.90. The number of carbonyl (C=O) groups is 1. The Balaban J connectivity index is 2.60. The highest BCUT2D eigenvalue weighted by Crippen LogP contribution is 2.27. The van der Waals surface area contributed by atoms with E-state index in [1.165, 1.54) is 11.3 Å². The summed E-state index contributed by atoms with van der Waals surface area (Å²) in [5.41, 5.74) is 0.811. The smallest absolute Gasteiger partial charge is 0.308 e. The van der Waals surface area contributed by atoms with Gasteiger partial charge in [0.2, 0.25) is 0 Å². The summed E-state index contributed by atoms with van der Waals surface area (Å²) in [5.74, 6) is 2.57. The van der Waals surface area contributed by atoms with Gasteiger partial charge < -0.3 is 5.11 Å². The lowest BCUT2D eigenvalue weighted by atomic mass is 10.3. The second-order valence-corrected chi connectivity index (χ2v) is 5.29. The second kappa shape index (κ2) is 5.79. The predicted octanol–water partition coefficient (Wildman–Crippen LogP) is 2.19. The van der Waals surface area contributed by atoms with Crippen molar-refractivity contribution in [2.75, 3.05) is 5.75 Å². The number of thioether (sulfide) groups is 1. The minimum atomic E-state index is -0.818. The van der Waals surface area contributed by atoms with E-state index in [1.54, 1.807) is 11.8 Å². The molecule has 0 fully saturated rings. The third-order valence-electron chi connectivity index (χ3n) is 1.66. The number of carboxylic acids is 1. The summed E-state index contributed by atoms with van der Waals surface area (Å²) >= 11 is 3.02. The zero-order valence-corrected chi connectivity index (χ0v) is 9.95. The molecule has 0 atom stereocenters. The SMILES string of the molecule is C#CCCSc1nc(C)c(CC(=O)O)s1. The first-order valence-electron chi connectivity index (χ1n) is 4.38. The highest BCUT2D eigenvalue weighted by molar-refractivity contribution is 8.01. The van der Waals surface area contributed by atoms with Crippen molar-refractivity contribution >= 4 is 29.1 Å².